The smallest absolute Gasteiger partial charge is 0.159 e. The Hall–Kier alpha value is -7.23. The maximum absolute atomic E-state index is 7.02. The summed E-state index contributed by atoms with van der Waals surface area (Å²) in [5.41, 5.74) is 17.2. The van der Waals surface area contributed by atoms with Gasteiger partial charge in [-0.2, -0.15) is 0 Å². The van der Waals surface area contributed by atoms with Crippen LogP contribution in [0.3, 0.4) is 0 Å². The second kappa shape index (κ2) is 11.4. The van der Waals surface area contributed by atoms with Crippen LogP contribution in [0.5, 0.6) is 0 Å². The first kappa shape index (κ1) is 30.3. The van der Waals surface area contributed by atoms with E-state index >= 15 is 0 Å². The van der Waals surface area contributed by atoms with E-state index in [4.69, 9.17) is 4.42 Å². The van der Waals surface area contributed by atoms with Crippen LogP contribution in [-0.2, 0) is 5.41 Å². The van der Waals surface area contributed by atoms with Gasteiger partial charge in [0.15, 0.2) is 5.58 Å². The van der Waals surface area contributed by atoms with E-state index in [1.807, 2.05) is 12.4 Å². The van der Waals surface area contributed by atoms with Crippen LogP contribution in [0.4, 0.5) is 17.1 Å². The molecule has 0 unspecified atom stereocenters. The van der Waals surface area contributed by atoms with Gasteiger partial charge in [-0.3, -0.25) is 4.98 Å². The highest BCUT2D eigenvalue weighted by molar-refractivity contribution is 6.18. The number of pyridine rings is 1. The molecule has 256 valence electrons. The fraction of sp³-hybridized carbons (Fsp3) is 0.0192. The Morgan fingerprint density at radius 3 is 1.78 bits per heavy atom. The molecule has 0 fully saturated rings. The molecule has 2 aliphatic rings. The summed E-state index contributed by atoms with van der Waals surface area (Å²) in [5, 5.41) is 4.30. The van der Waals surface area contributed by atoms with Crippen LogP contribution in [0.2, 0.25) is 0 Å². The van der Waals surface area contributed by atoms with Crippen molar-refractivity contribution in [2.75, 3.05) is 4.90 Å². The largest absolute Gasteiger partial charge is 0.453 e. The quantitative estimate of drug-likeness (QED) is 0.183. The van der Waals surface area contributed by atoms with Crippen molar-refractivity contribution in [2.24, 2.45) is 0 Å². The monoisotopic (exact) mass is 700 g/mol. The molecule has 0 atom stereocenters. The number of nitrogens with zero attached hydrogens (tertiary/aromatic N) is 2. The summed E-state index contributed by atoms with van der Waals surface area (Å²) in [6.07, 6.45) is 3.75. The third-order valence-electron chi connectivity index (χ3n) is 12.0. The summed E-state index contributed by atoms with van der Waals surface area (Å²) in [6.45, 7) is 0. The Labute approximate surface area is 318 Å². The minimum absolute atomic E-state index is 0.448. The topological polar surface area (TPSA) is 29.3 Å². The van der Waals surface area contributed by atoms with Gasteiger partial charge < -0.3 is 9.32 Å². The Morgan fingerprint density at radius 1 is 0.418 bits per heavy atom. The predicted octanol–water partition coefficient (Wildman–Crippen LogP) is 13.6. The minimum atomic E-state index is -0.448. The average Bonchev–Trinajstić information content (AvgIpc) is 3.90. The van der Waals surface area contributed by atoms with Crippen LogP contribution in [0.1, 0.15) is 22.3 Å². The molecule has 3 nitrogen and oxygen atoms in total. The number of fused-ring (bicyclic) bond motifs is 15. The van der Waals surface area contributed by atoms with Crippen molar-refractivity contribution in [3.63, 3.8) is 0 Å². The first-order chi connectivity index (χ1) is 27.3. The van der Waals surface area contributed by atoms with E-state index in [1.165, 1.54) is 55.6 Å². The molecule has 8 aromatic carbocycles. The maximum atomic E-state index is 7.02. The normalized spacial score (nSPS) is 13.2. The van der Waals surface area contributed by atoms with Gasteiger partial charge in [-0.15, -0.1) is 0 Å². The molecule has 2 aromatic heterocycles. The van der Waals surface area contributed by atoms with Gasteiger partial charge in [0.1, 0.15) is 5.58 Å². The van der Waals surface area contributed by atoms with Gasteiger partial charge >= 0.3 is 0 Å². The van der Waals surface area contributed by atoms with Crippen molar-refractivity contribution >= 4 is 49.8 Å². The van der Waals surface area contributed by atoms with E-state index in [-0.39, 0.29) is 0 Å². The predicted molar refractivity (Wildman–Crippen MR) is 225 cm³/mol. The lowest BCUT2D eigenvalue weighted by Crippen LogP contribution is -2.26. The molecule has 0 aliphatic heterocycles. The van der Waals surface area contributed by atoms with Crippen LogP contribution in [-0.4, -0.2) is 4.98 Å². The zero-order chi connectivity index (χ0) is 36.1. The van der Waals surface area contributed by atoms with E-state index in [2.05, 4.69) is 192 Å². The van der Waals surface area contributed by atoms with E-state index in [0.29, 0.717) is 0 Å². The van der Waals surface area contributed by atoms with Crippen LogP contribution >= 0.6 is 0 Å². The summed E-state index contributed by atoms with van der Waals surface area (Å²) < 4.78 is 7.02. The molecule has 1 spiro atoms. The molecule has 2 aliphatic carbocycles. The Morgan fingerprint density at radius 2 is 1.02 bits per heavy atom. The van der Waals surface area contributed by atoms with Crippen molar-refractivity contribution in [1.82, 2.24) is 4.98 Å². The lowest BCUT2D eigenvalue weighted by molar-refractivity contribution is 0.673. The molecule has 0 bridgehead atoms. The van der Waals surface area contributed by atoms with E-state index < -0.39 is 5.41 Å². The third kappa shape index (κ3) is 4.07. The zero-order valence-corrected chi connectivity index (χ0v) is 29.8. The molecule has 12 rings (SSSR count). The number of benzene rings is 8. The number of hydrogen-bond acceptors (Lipinski definition) is 3. The number of hydrogen-bond donors (Lipinski definition) is 0. The standard InChI is InChI=1S/C52H32N2O/c1-2-12-33(13-3-1)34-24-27-36(28-25-34)54(48-23-10-17-40-41-29-26-35-32-53-31-30-37(35)50(41)55-51(40)48)47-22-11-21-46-49(47)42-16-6-9-20-45(42)52(46)43-18-7-4-14-38(43)39-15-5-8-19-44(39)52/h1-32H. The van der Waals surface area contributed by atoms with Gasteiger partial charge in [-0.25, -0.2) is 0 Å². The van der Waals surface area contributed by atoms with E-state index in [0.717, 1.165) is 49.8 Å². The van der Waals surface area contributed by atoms with Crippen LogP contribution in [0, 0.1) is 0 Å². The molecule has 10 aromatic rings. The number of anilines is 3. The molecular weight excluding hydrogens is 669 g/mol. The third-order valence-corrected chi connectivity index (χ3v) is 12.0. The van der Waals surface area contributed by atoms with Crippen molar-refractivity contribution in [3.05, 3.63) is 217 Å². The Kier molecular flexibility index (Phi) is 6.26. The maximum Gasteiger partial charge on any atom is 0.159 e. The van der Waals surface area contributed by atoms with Crippen molar-refractivity contribution in [1.29, 1.82) is 0 Å². The van der Waals surface area contributed by atoms with Crippen LogP contribution in [0.25, 0.3) is 66.1 Å². The van der Waals surface area contributed by atoms with Gasteiger partial charge in [0, 0.05) is 45.2 Å². The van der Waals surface area contributed by atoms with Crippen LogP contribution < -0.4 is 4.90 Å². The minimum Gasteiger partial charge on any atom is -0.453 e. The molecule has 0 amide bonds. The lowest BCUT2D eigenvalue weighted by atomic mass is 9.70. The molecule has 0 radical (unpaired) electrons. The number of furan rings is 1. The van der Waals surface area contributed by atoms with E-state index in [9.17, 15) is 0 Å². The molecule has 3 heteroatoms. The Bertz CT molecular complexity index is 3110. The fourth-order valence-corrected chi connectivity index (χ4v) is 9.74. The fourth-order valence-electron chi connectivity index (χ4n) is 9.74. The molecule has 0 N–H and O–H groups in total. The van der Waals surface area contributed by atoms with E-state index in [1.54, 1.807) is 0 Å². The second-order valence-electron chi connectivity index (χ2n) is 14.6. The highest BCUT2D eigenvalue weighted by Crippen LogP contribution is 2.64. The zero-order valence-electron chi connectivity index (χ0n) is 29.8. The number of para-hydroxylation sites is 1. The highest BCUT2D eigenvalue weighted by atomic mass is 16.3. The first-order valence-electron chi connectivity index (χ1n) is 18.9. The summed E-state index contributed by atoms with van der Waals surface area (Å²) in [6, 6.07) is 66.4. The average molecular weight is 701 g/mol. The van der Waals surface area contributed by atoms with Crippen molar-refractivity contribution in [3.8, 4) is 33.4 Å². The van der Waals surface area contributed by atoms with Crippen molar-refractivity contribution in [2.45, 2.75) is 5.41 Å². The SMILES string of the molecule is c1ccc(-c2ccc(N(c3cccc4c3-c3ccccc3C43c4ccccc4-c4ccccc43)c3cccc4c3oc3c5ccncc5ccc43)cc2)cc1. The molecule has 0 saturated carbocycles. The van der Waals surface area contributed by atoms with Gasteiger partial charge in [0.25, 0.3) is 0 Å². The summed E-state index contributed by atoms with van der Waals surface area (Å²) in [5.74, 6) is 0. The van der Waals surface area contributed by atoms with Crippen molar-refractivity contribution < 1.29 is 4.42 Å². The van der Waals surface area contributed by atoms with Gasteiger partial charge in [-0.05, 0) is 86.5 Å². The second-order valence-corrected chi connectivity index (χ2v) is 14.6. The Balaban J connectivity index is 1.17. The highest BCUT2D eigenvalue weighted by Gasteiger charge is 2.52. The molecule has 55 heavy (non-hydrogen) atoms. The summed E-state index contributed by atoms with van der Waals surface area (Å²) >= 11 is 0. The molecule has 0 saturated heterocycles. The summed E-state index contributed by atoms with van der Waals surface area (Å²) in [4.78, 5) is 6.81. The lowest BCUT2D eigenvalue weighted by Gasteiger charge is -2.31. The molecule has 2 heterocycles. The van der Waals surface area contributed by atoms with Gasteiger partial charge in [-0.1, -0.05) is 146 Å². The van der Waals surface area contributed by atoms with Crippen LogP contribution in [0.15, 0.2) is 199 Å². The van der Waals surface area contributed by atoms with Gasteiger partial charge in [0.2, 0.25) is 0 Å². The summed E-state index contributed by atoms with van der Waals surface area (Å²) in [7, 11) is 0. The number of rotatable bonds is 4. The van der Waals surface area contributed by atoms with Gasteiger partial charge in [0.05, 0.1) is 16.8 Å². The number of aromatic nitrogens is 1. The first-order valence-corrected chi connectivity index (χ1v) is 18.9. The molecular formula is C52H32N2O.